The van der Waals surface area contributed by atoms with Crippen molar-refractivity contribution in [2.75, 3.05) is 0 Å². The number of nitrogens with zero attached hydrogens (tertiary/aromatic N) is 4. The number of hydrogen-bond acceptors (Lipinski definition) is 6. The first kappa shape index (κ1) is 17.7. The van der Waals surface area contributed by atoms with E-state index >= 15 is 0 Å². The Bertz CT molecular complexity index is 715. The van der Waals surface area contributed by atoms with Crippen molar-refractivity contribution < 1.29 is 9.53 Å². The van der Waals surface area contributed by atoms with E-state index in [1.807, 2.05) is 26.1 Å². The molecule has 0 aliphatic heterocycles. The lowest BCUT2D eigenvalue weighted by Gasteiger charge is -2.14. The van der Waals surface area contributed by atoms with E-state index in [2.05, 4.69) is 20.5 Å². The van der Waals surface area contributed by atoms with E-state index in [1.165, 1.54) is 24.6 Å². The van der Waals surface area contributed by atoms with Crippen molar-refractivity contribution in [1.29, 1.82) is 0 Å². The number of carbonyl (C=O) groups is 1. The molecule has 1 aliphatic rings. The fraction of sp³-hybridized carbons (Fsp3) is 0.529. The summed E-state index contributed by atoms with van der Waals surface area (Å²) >= 11 is 1.38. The van der Waals surface area contributed by atoms with Crippen molar-refractivity contribution in [3.05, 3.63) is 30.2 Å². The topological polar surface area (TPSA) is 81.9 Å². The zero-order valence-corrected chi connectivity index (χ0v) is 15.3. The fourth-order valence-corrected chi connectivity index (χ4v) is 3.54. The van der Waals surface area contributed by atoms with Gasteiger partial charge in [0.2, 0.25) is 11.8 Å². The van der Waals surface area contributed by atoms with Crippen molar-refractivity contribution in [2.24, 2.45) is 7.05 Å². The molecule has 1 aliphatic carbocycles. The second-order valence-corrected chi connectivity index (χ2v) is 7.54. The number of aromatic nitrogens is 4. The molecule has 0 unspecified atom stereocenters. The van der Waals surface area contributed by atoms with Gasteiger partial charge in [-0.15, -0.1) is 10.2 Å². The lowest BCUT2D eigenvalue weighted by atomic mass is 10.2. The lowest BCUT2D eigenvalue weighted by molar-refractivity contribution is -0.120. The van der Waals surface area contributed by atoms with Gasteiger partial charge in [0, 0.05) is 25.9 Å². The maximum absolute atomic E-state index is 12.3. The van der Waals surface area contributed by atoms with E-state index in [0.717, 1.165) is 23.6 Å². The summed E-state index contributed by atoms with van der Waals surface area (Å²) in [6, 6.07) is 3.79. The van der Waals surface area contributed by atoms with E-state index in [-0.39, 0.29) is 17.3 Å². The Morgan fingerprint density at radius 3 is 3.00 bits per heavy atom. The Morgan fingerprint density at radius 1 is 1.48 bits per heavy atom. The number of carbonyl (C=O) groups excluding carboxylic acids is 1. The predicted molar refractivity (Wildman–Crippen MR) is 95.3 cm³/mol. The molecule has 1 fully saturated rings. The minimum absolute atomic E-state index is 0.0388. The van der Waals surface area contributed by atoms with Gasteiger partial charge < -0.3 is 14.6 Å². The molecule has 0 aromatic carbocycles. The average Bonchev–Trinajstić information content (AvgIpc) is 3.25. The van der Waals surface area contributed by atoms with E-state index in [9.17, 15) is 4.79 Å². The monoisotopic (exact) mass is 361 g/mol. The van der Waals surface area contributed by atoms with Gasteiger partial charge in [-0.25, -0.2) is 4.98 Å². The highest BCUT2D eigenvalue weighted by atomic mass is 32.2. The van der Waals surface area contributed by atoms with Crippen LogP contribution >= 0.6 is 11.8 Å². The summed E-state index contributed by atoms with van der Waals surface area (Å²) < 4.78 is 7.70. The highest BCUT2D eigenvalue weighted by Crippen LogP contribution is 2.23. The Labute approximate surface area is 151 Å². The van der Waals surface area contributed by atoms with Gasteiger partial charge in [0.15, 0.2) is 5.16 Å². The van der Waals surface area contributed by atoms with Crippen LogP contribution in [0.15, 0.2) is 29.8 Å². The SMILES string of the molecule is C[C@@H](Sc1nncn1C)C(=O)NCc1ccnc(OC2CCCC2)c1. The third kappa shape index (κ3) is 4.94. The number of pyridine rings is 1. The van der Waals surface area contributed by atoms with Crippen LogP contribution in [0.1, 0.15) is 38.2 Å². The zero-order chi connectivity index (χ0) is 17.6. The molecule has 2 aromatic rings. The molecular formula is C17H23N5O2S. The highest BCUT2D eigenvalue weighted by molar-refractivity contribution is 8.00. The summed E-state index contributed by atoms with van der Waals surface area (Å²) in [6.07, 6.45) is 8.27. The normalized spacial score (nSPS) is 15.9. The maximum atomic E-state index is 12.3. The summed E-state index contributed by atoms with van der Waals surface area (Å²) in [5.41, 5.74) is 0.979. The van der Waals surface area contributed by atoms with Gasteiger partial charge in [0.05, 0.1) is 5.25 Å². The molecule has 3 rings (SSSR count). The van der Waals surface area contributed by atoms with E-state index in [1.54, 1.807) is 17.1 Å². The largest absolute Gasteiger partial charge is 0.474 e. The molecule has 1 saturated carbocycles. The minimum Gasteiger partial charge on any atom is -0.474 e. The number of aryl methyl sites for hydroxylation is 1. The van der Waals surface area contributed by atoms with E-state index < -0.39 is 0 Å². The van der Waals surface area contributed by atoms with E-state index in [4.69, 9.17) is 4.74 Å². The van der Waals surface area contributed by atoms with Gasteiger partial charge in [0.25, 0.3) is 0 Å². The van der Waals surface area contributed by atoms with Gasteiger partial charge in [0.1, 0.15) is 12.4 Å². The van der Waals surface area contributed by atoms with Crippen LogP contribution in [0.4, 0.5) is 0 Å². The first-order valence-electron chi connectivity index (χ1n) is 8.52. The summed E-state index contributed by atoms with van der Waals surface area (Å²) in [6.45, 7) is 2.31. The maximum Gasteiger partial charge on any atom is 0.233 e. The van der Waals surface area contributed by atoms with Crippen molar-refractivity contribution >= 4 is 17.7 Å². The van der Waals surface area contributed by atoms with Crippen LogP contribution in [-0.4, -0.2) is 37.0 Å². The van der Waals surface area contributed by atoms with Crippen LogP contribution in [-0.2, 0) is 18.4 Å². The standard InChI is InChI=1S/C17H23N5O2S/c1-12(25-17-21-20-11-22(17)2)16(23)19-10-13-7-8-18-15(9-13)24-14-5-3-4-6-14/h7-9,11-12,14H,3-6,10H2,1-2H3,(H,19,23)/t12-/m1/s1. The molecule has 25 heavy (non-hydrogen) atoms. The van der Waals surface area contributed by atoms with Gasteiger partial charge in [-0.2, -0.15) is 0 Å². The van der Waals surface area contributed by atoms with Crippen LogP contribution < -0.4 is 10.1 Å². The van der Waals surface area contributed by atoms with Crippen molar-refractivity contribution in [3.63, 3.8) is 0 Å². The highest BCUT2D eigenvalue weighted by Gasteiger charge is 2.18. The summed E-state index contributed by atoms with van der Waals surface area (Å²) in [4.78, 5) is 16.5. The Morgan fingerprint density at radius 2 is 2.28 bits per heavy atom. The molecule has 2 heterocycles. The predicted octanol–water partition coefficient (Wildman–Crippen LogP) is 2.33. The molecule has 1 atom stereocenters. The first-order valence-corrected chi connectivity index (χ1v) is 9.40. The van der Waals surface area contributed by atoms with Crippen LogP contribution in [0.3, 0.4) is 0 Å². The van der Waals surface area contributed by atoms with Gasteiger partial charge in [-0.1, -0.05) is 11.8 Å². The molecule has 0 saturated heterocycles. The quantitative estimate of drug-likeness (QED) is 0.762. The minimum atomic E-state index is -0.251. The smallest absolute Gasteiger partial charge is 0.233 e. The first-order chi connectivity index (χ1) is 12.1. The molecular weight excluding hydrogens is 338 g/mol. The average molecular weight is 361 g/mol. The van der Waals surface area contributed by atoms with Crippen LogP contribution in [0, 0.1) is 0 Å². The third-order valence-corrected chi connectivity index (χ3v) is 5.32. The second kappa shape index (κ2) is 8.33. The molecule has 0 bridgehead atoms. The zero-order valence-electron chi connectivity index (χ0n) is 14.5. The number of amides is 1. The Balaban J connectivity index is 1.50. The molecule has 8 heteroatoms. The number of nitrogens with one attached hydrogen (secondary N) is 1. The van der Waals surface area contributed by atoms with Gasteiger partial charge in [-0.3, -0.25) is 4.79 Å². The third-order valence-electron chi connectivity index (χ3n) is 4.18. The molecule has 0 spiro atoms. The van der Waals surface area contributed by atoms with Gasteiger partial charge >= 0.3 is 0 Å². The Kier molecular flexibility index (Phi) is 5.91. The summed E-state index contributed by atoms with van der Waals surface area (Å²) in [7, 11) is 1.86. The molecule has 1 N–H and O–H groups in total. The molecule has 0 radical (unpaired) electrons. The fourth-order valence-electron chi connectivity index (χ4n) is 2.73. The van der Waals surface area contributed by atoms with Crippen LogP contribution in [0.5, 0.6) is 5.88 Å². The number of rotatable bonds is 7. The molecule has 1 amide bonds. The summed E-state index contributed by atoms with van der Waals surface area (Å²) in [5, 5.41) is 11.2. The number of thioether (sulfide) groups is 1. The molecule has 2 aromatic heterocycles. The van der Waals surface area contributed by atoms with Crippen molar-refractivity contribution in [3.8, 4) is 5.88 Å². The molecule has 7 nitrogen and oxygen atoms in total. The van der Waals surface area contributed by atoms with Crippen LogP contribution in [0.25, 0.3) is 0 Å². The number of ether oxygens (including phenoxy) is 1. The van der Waals surface area contributed by atoms with Crippen molar-refractivity contribution in [1.82, 2.24) is 25.1 Å². The van der Waals surface area contributed by atoms with Gasteiger partial charge in [-0.05, 0) is 44.2 Å². The number of hydrogen-bond donors (Lipinski definition) is 1. The summed E-state index contributed by atoms with van der Waals surface area (Å²) in [5.74, 6) is 0.600. The second-order valence-electron chi connectivity index (χ2n) is 6.23. The Hall–Kier alpha value is -2.09. The van der Waals surface area contributed by atoms with E-state index in [0.29, 0.717) is 12.4 Å². The van der Waals surface area contributed by atoms with Crippen LogP contribution in [0.2, 0.25) is 0 Å². The lowest BCUT2D eigenvalue weighted by Crippen LogP contribution is -2.30. The molecule has 134 valence electrons. The van der Waals surface area contributed by atoms with Crippen molar-refractivity contribution in [2.45, 2.75) is 55.7 Å².